The van der Waals surface area contributed by atoms with Gasteiger partial charge in [0.05, 0.1) is 27.6 Å². The second kappa shape index (κ2) is 14.9. The predicted octanol–water partition coefficient (Wildman–Crippen LogP) is 6.77. The van der Waals surface area contributed by atoms with Gasteiger partial charge in [0.25, 0.3) is 0 Å². The highest BCUT2D eigenvalue weighted by atomic mass is 28.2. The van der Waals surface area contributed by atoms with Gasteiger partial charge in [0.1, 0.15) is 13.6 Å². The van der Waals surface area contributed by atoms with Crippen molar-refractivity contribution in [1.82, 2.24) is 9.55 Å². The maximum absolute atomic E-state index is 5.77. The highest BCUT2D eigenvalue weighted by molar-refractivity contribution is 6.57. The molecule has 6 rings (SSSR count). The number of hydrogen-bond donors (Lipinski definition) is 0. The first-order valence-corrected chi connectivity index (χ1v) is 16.0. The Labute approximate surface area is 258 Å². The summed E-state index contributed by atoms with van der Waals surface area (Å²) in [4.78, 5) is 4.39. The van der Waals surface area contributed by atoms with Crippen molar-refractivity contribution in [1.29, 1.82) is 0 Å². The topological polar surface area (TPSA) is 27.1 Å². The summed E-state index contributed by atoms with van der Waals surface area (Å²) in [6.45, 7) is 2.70. The third-order valence-corrected chi connectivity index (χ3v) is 9.99. The van der Waals surface area contributed by atoms with E-state index in [9.17, 15) is 0 Å². The molecule has 0 fully saturated rings. The maximum atomic E-state index is 5.77. The highest BCUT2D eigenvalue weighted by Gasteiger charge is 2.36. The molecule has 0 amide bonds. The van der Waals surface area contributed by atoms with E-state index in [1.165, 1.54) is 16.3 Å². The minimum atomic E-state index is -0.865. The fourth-order valence-electron chi connectivity index (χ4n) is 5.47. The Kier molecular flexibility index (Phi) is 10.2. The normalized spacial score (nSPS) is 11.0. The van der Waals surface area contributed by atoms with Gasteiger partial charge in [-0.3, -0.25) is 0 Å². The van der Waals surface area contributed by atoms with Crippen LogP contribution in [0.25, 0.3) is 5.57 Å². The quantitative estimate of drug-likeness (QED) is 0.178. The molecule has 0 saturated heterocycles. The van der Waals surface area contributed by atoms with E-state index in [4.69, 9.17) is 12.6 Å². The molecule has 0 aliphatic rings. The van der Waals surface area contributed by atoms with Crippen LogP contribution in [-0.4, -0.2) is 33.5 Å². The van der Waals surface area contributed by atoms with E-state index in [0.717, 1.165) is 22.4 Å². The fourth-order valence-corrected chi connectivity index (χ4v) is 7.87. The van der Waals surface area contributed by atoms with Gasteiger partial charge in [0.15, 0.2) is 0 Å². The van der Waals surface area contributed by atoms with Gasteiger partial charge in [0.2, 0.25) is 0 Å². The first-order chi connectivity index (χ1) is 21.2. The first-order valence-electron chi connectivity index (χ1n) is 14.6. The molecule has 0 aliphatic heterocycles. The molecule has 0 atom stereocenters. The number of nitrogens with zero attached hydrogens (tertiary/aromatic N) is 2. The summed E-state index contributed by atoms with van der Waals surface area (Å²) in [7, 11) is 4.81. The monoisotopic (exact) mass is 574 g/mol. The van der Waals surface area contributed by atoms with Crippen molar-refractivity contribution in [3.8, 4) is 5.75 Å². The van der Waals surface area contributed by atoms with Crippen LogP contribution in [0.2, 0.25) is 0 Å². The number of imidazole rings is 1. The SMILES string of the molecule is CCOc1cccc([SiH2]C(c2ccccc2)(c2ccccc2)n2ccnc2)c1.[B]C=C(c1ccccc1)c1ccccc1. The van der Waals surface area contributed by atoms with Crippen LogP contribution in [0.5, 0.6) is 5.75 Å². The Bertz CT molecular complexity index is 1610. The molecule has 210 valence electrons. The van der Waals surface area contributed by atoms with Crippen molar-refractivity contribution < 1.29 is 4.74 Å². The van der Waals surface area contributed by atoms with Crippen LogP contribution in [0.4, 0.5) is 0 Å². The van der Waals surface area contributed by atoms with Crippen molar-refractivity contribution in [3.05, 3.63) is 193 Å². The number of hydrogen-bond acceptors (Lipinski definition) is 2. The summed E-state index contributed by atoms with van der Waals surface area (Å²) in [6, 6.07) is 50.4. The maximum Gasteiger partial charge on any atom is 0.119 e. The lowest BCUT2D eigenvalue weighted by Gasteiger charge is -2.37. The predicted molar refractivity (Wildman–Crippen MR) is 183 cm³/mol. The Morgan fingerprint density at radius 2 is 1.28 bits per heavy atom. The highest BCUT2D eigenvalue weighted by Crippen LogP contribution is 2.33. The Hall–Kier alpha value is -4.87. The van der Waals surface area contributed by atoms with Crippen LogP contribution in [0.15, 0.2) is 170 Å². The number of benzene rings is 5. The summed E-state index contributed by atoms with van der Waals surface area (Å²) < 4.78 is 8.04. The van der Waals surface area contributed by atoms with Crippen LogP contribution in [-0.2, 0) is 5.16 Å². The summed E-state index contributed by atoms with van der Waals surface area (Å²) in [5.74, 6) is 2.60. The van der Waals surface area contributed by atoms with Gasteiger partial charge in [0, 0.05) is 12.4 Å². The zero-order valence-corrected chi connectivity index (χ0v) is 25.9. The molecular formula is C38H35BN2OSi. The van der Waals surface area contributed by atoms with Gasteiger partial charge < -0.3 is 9.30 Å². The van der Waals surface area contributed by atoms with Crippen molar-refractivity contribution in [2.45, 2.75) is 12.1 Å². The van der Waals surface area contributed by atoms with E-state index in [-0.39, 0.29) is 5.16 Å². The van der Waals surface area contributed by atoms with Crippen LogP contribution in [0.3, 0.4) is 0 Å². The molecule has 5 heteroatoms. The van der Waals surface area contributed by atoms with Gasteiger partial charge >= 0.3 is 0 Å². The molecule has 3 nitrogen and oxygen atoms in total. The van der Waals surface area contributed by atoms with Crippen LogP contribution in [0.1, 0.15) is 29.2 Å². The van der Waals surface area contributed by atoms with E-state index in [1.807, 2.05) is 61.9 Å². The van der Waals surface area contributed by atoms with E-state index in [2.05, 4.69) is 119 Å². The zero-order valence-electron chi connectivity index (χ0n) is 24.5. The van der Waals surface area contributed by atoms with Gasteiger partial charge in [-0.2, -0.15) is 0 Å². The largest absolute Gasteiger partial charge is 0.494 e. The zero-order chi connectivity index (χ0) is 29.7. The second-order valence-corrected chi connectivity index (χ2v) is 12.3. The van der Waals surface area contributed by atoms with E-state index in [0.29, 0.717) is 6.61 Å². The Morgan fingerprint density at radius 1 is 0.744 bits per heavy atom. The fraction of sp³-hybridized carbons (Fsp3) is 0.0789. The molecule has 0 N–H and O–H groups in total. The minimum Gasteiger partial charge on any atom is -0.494 e. The molecule has 0 spiro atoms. The standard InChI is InChI=1S/C24H24N2OSi.C14H11B/c1-2-27-22-14-9-15-23(18-22)28-24(26-17-16-25-19-26,20-10-5-3-6-11-20)21-12-7-4-8-13-21;15-11-14(12-7-3-1-4-8-12)13-9-5-2-6-10-13/h3-19H,2,28H2,1H3;1-11H. The van der Waals surface area contributed by atoms with Crippen molar-refractivity contribution >= 4 is 28.1 Å². The average molecular weight is 575 g/mol. The Balaban J connectivity index is 0.000000207. The summed E-state index contributed by atoms with van der Waals surface area (Å²) >= 11 is 0. The number of ether oxygens (including phenoxy) is 1. The van der Waals surface area contributed by atoms with Gasteiger partial charge in [-0.1, -0.05) is 139 Å². The van der Waals surface area contributed by atoms with E-state index >= 15 is 0 Å². The van der Waals surface area contributed by atoms with Gasteiger partial charge in [-0.05, 0) is 46.9 Å². The molecule has 43 heavy (non-hydrogen) atoms. The number of rotatable bonds is 9. The molecule has 5 aromatic carbocycles. The molecule has 0 bridgehead atoms. The lowest BCUT2D eigenvalue weighted by molar-refractivity contribution is 0.340. The summed E-state index contributed by atoms with van der Waals surface area (Å²) in [5, 5.41) is 1.09. The lowest BCUT2D eigenvalue weighted by Crippen LogP contribution is -2.46. The molecule has 0 unspecified atom stereocenters. The van der Waals surface area contributed by atoms with Gasteiger partial charge in [-0.25, -0.2) is 4.98 Å². The van der Waals surface area contributed by atoms with Crippen LogP contribution < -0.4 is 9.92 Å². The van der Waals surface area contributed by atoms with E-state index < -0.39 is 9.52 Å². The summed E-state index contributed by atoms with van der Waals surface area (Å²) in [5.41, 5.74) is 5.92. The van der Waals surface area contributed by atoms with Crippen molar-refractivity contribution in [2.75, 3.05) is 6.61 Å². The third kappa shape index (κ3) is 7.14. The molecule has 1 aromatic heterocycles. The molecule has 0 aliphatic carbocycles. The first kappa shape index (κ1) is 29.6. The van der Waals surface area contributed by atoms with Crippen LogP contribution in [0, 0.1) is 0 Å². The third-order valence-electron chi connectivity index (χ3n) is 7.45. The number of aromatic nitrogens is 2. The molecule has 0 saturated carbocycles. The van der Waals surface area contributed by atoms with E-state index in [1.54, 1.807) is 5.98 Å². The lowest BCUT2D eigenvalue weighted by atomic mass is 9.92. The molecular weight excluding hydrogens is 539 g/mol. The Morgan fingerprint density at radius 3 is 1.74 bits per heavy atom. The average Bonchev–Trinajstić information content (AvgIpc) is 3.62. The summed E-state index contributed by atoms with van der Waals surface area (Å²) in [6.07, 6.45) is 5.89. The minimum absolute atomic E-state index is 0.260. The molecule has 2 radical (unpaired) electrons. The second-order valence-electron chi connectivity index (χ2n) is 10.1. The molecule has 6 aromatic rings. The van der Waals surface area contributed by atoms with Gasteiger partial charge in [-0.15, -0.1) is 5.98 Å². The smallest absolute Gasteiger partial charge is 0.119 e. The van der Waals surface area contributed by atoms with Crippen molar-refractivity contribution in [3.63, 3.8) is 0 Å². The van der Waals surface area contributed by atoms with Crippen molar-refractivity contribution in [2.24, 2.45) is 0 Å². The molecule has 1 heterocycles. The van der Waals surface area contributed by atoms with Crippen LogP contribution >= 0.6 is 0 Å².